The monoisotopic (exact) mass is 275 g/mol. The van der Waals surface area contributed by atoms with Gasteiger partial charge in [0.2, 0.25) is 0 Å². The summed E-state index contributed by atoms with van der Waals surface area (Å²) in [5, 5.41) is 6.04. The van der Waals surface area contributed by atoms with Gasteiger partial charge in [-0.05, 0) is 24.6 Å². The largest absolute Gasteiger partial charge is 0.352 e. The van der Waals surface area contributed by atoms with Crippen molar-refractivity contribution in [2.75, 3.05) is 32.7 Å². The van der Waals surface area contributed by atoms with Crippen LogP contribution in [0.3, 0.4) is 0 Å². The lowest BCUT2D eigenvalue weighted by molar-refractivity contribution is 0.0736. The number of carbonyl (C=O) groups excluding carboxylic acids is 2. The number of piperazine rings is 1. The first-order valence-electron chi connectivity index (χ1n) is 7.10. The van der Waals surface area contributed by atoms with E-state index in [9.17, 15) is 9.59 Å². The Bertz CT molecular complexity index is 482. The van der Waals surface area contributed by atoms with Gasteiger partial charge >= 0.3 is 0 Å². The summed E-state index contributed by atoms with van der Waals surface area (Å²) in [5.74, 6) is -0.126. The molecule has 1 aromatic carbocycles. The van der Waals surface area contributed by atoms with Crippen LogP contribution in [-0.2, 0) is 0 Å². The van der Waals surface area contributed by atoms with E-state index in [0.717, 1.165) is 19.5 Å². The Morgan fingerprint density at radius 2 is 1.95 bits per heavy atom. The normalized spacial score (nSPS) is 14.9. The highest BCUT2D eigenvalue weighted by molar-refractivity contribution is 5.99. The van der Waals surface area contributed by atoms with Crippen molar-refractivity contribution in [2.24, 2.45) is 0 Å². The Labute approximate surface area is 119 Å². The van der Waals surface area contributed by atoms with Crippen LogP contribution in [0.15, 0.2) is 24.3 Å². The smallest absolute Gasteiger partial charge is 0.253 e. The lowest BCUT2D eigenvalue weighted by Gasteiger charge is -2.27. The highest BCUT2D eigenvalue weighted by atomic mass is 16.2. The van der Waals surface area contributed by atoms with Crippen molar-refractivity contribution in [1.82, 2.24) is 15.5 Å². The number of amides is 2. The fourth-order valence-electron chi connectivity index (χ4n) is 2.18. The molecule has 1 aromatic rings. The summed E-state index contributed by atoms with van der Waals surface area (Å²) >= 11 is 0. The molecular weight excluding hydrogens is 254 g/mol. The first kappa shape index (κ1) is 14.5. The van der Waals surface area contributed by atoms with E-state index in [1.165, 1.54) is 0 Å². The van der Waals surface area contributed by atoms with Gasteiger partial charge in [-0.2, -0.15) is 0 Å². The molecule has 0 bridgehead atoms. The summed E-state index contributed by atoms with van der Waals surface area (Å²) in [5.41, 5.74) is 1.12. The molecule has 108 valence electrons. The fourth-order valence-corrected chi connectivity index (χ4v) is 2.18. The maximum Gasteiger partial charge on any atom is 0.253 e. The summed E-state index contributed by atoms with van der Waals surface area (Å²) in [6.07, 6.45) is 0.894. The second kappa shape index (κ2) is 7.05. The van der Waals surface area contributed by atoms with Gasteiger partial charge in [-0.1, -0.05) is 13.0 Å². The van der Waals surface area contributed by atoms with E-state index in [0.29, 0.717) is 30.8 Å². The third kappa shape index (κ3) is 3.57. The molecule has 0 unspecified atom stereocenters. The van der Waals surface area contributed by atoms with E-state index < -0.39 is 0 Å². The molecule has 1 aliphatic heterocycles. The Balaban J connectivity index is 2.08. The van der Waals surface area contributed by atoms with Gasteiger partial charge in [0.25, 0.3) is 11.8 Å². The number of carbonyl (C=O) groups is 2. The van der Waals surface area contributed by atoms with Crippen LogP contribution in [0.25, 0.3) is 0 Å². The van der Waals surface area contributed by atoms with Crippen molar-refractivity contribution in [3.05, 3.63) is 35.4 Å². The molecule has 1 saturated heterocycles. The molecule has 2 rings (SSSR count). The first-order chi connectivity index (χ1) is 9.72. The zero-order valence-electron chi connectivity index (χ0n) is 11.8. The minimum absolute atomic E-state index is 0.00311. The fraction of sp³-hybridized carbons (Fsp3) is 0.467. The molecule has 1 fully saturated rings. The van der Waals surface area contributed by atoms with E-state index in [2.05, 4.69) is 10.6 Å². The third-order valence-electron chi connectivity index (χ3n) is 3.31. The molecule has 0 radical (unpaired) electrons. The van der Waals surface area contributed by atoms with Gasteiger partial charge in [0, 0.05) is 43.9 Å². The van der Waals surface area contributed by atoms with Crippen molar-refractivity contribution in [3.63, 3.8) is 0 Å². The average molecular weight is 275 g/mol. The van der Waals surface area contributed by atoms with Gasteiger partial charge in [-0.25, -0.2) is 0 Å². The molecule has 2 amide bonds. The predicted octanol–water partition coefficient (Wildman–Crippen LogP) is 0.872. The average Bonchev–Trinajstić information content (AvgIpc) is 2.52. The maximum atomic E-state index is 12.4. The summed E-state index contributed by atoms with van der Waals surface area (Å²) in [7, 11) is 0. The Morgan fingerprint density at radius 3 is 2.65 bits per heavy atom. The molecule has 0 atom stereocenters. The first-order valence-corrected chi connectivity index (χ1v) is 7.10. The molecule has 0 aliphatic carbocycles. The molecule has 5 nitrogen and oxygen atoms in total. The van der Waals surface area contributed by atoms with Gasteiger partial charge in [-0.3, -0.25) is 9.59 Å². The Hall–Kier alpha value is -1.88. The van der Waals surface area contributed by atoms with Gasteiger partial charge in [0.1, 0.15) is 0 Å². The van der Waals surface area contributed by atoms with Crippen LogP contribution in [0.4, 0.5) is 0 Å². The van der Waals surface area contributed by atoms with Crippen LogP contribution >= 0.6 is 0 Å². The Kier molecular flexibility index (Phi) is 5.12. The molecular formula is C15H21N3O2. The van der Waals surface area contributed by atoms with Crippen LogP contribution in [0.1, 0.15) is 34.1 Å². The highest BCUT2D eigenvalue weighted by Gasteiger charge is 2.18. The SMILES string of the molecule is CCCNC(=O)c1cccc(C(=O)N2CCNCC2)c1. The Morgan fingerprint density at radius 1 is 1.25 bits per heavy atom. The van der Waals surface area contributed by atoms with Crippen LogP contribution in [0.2, 0.25) is 0 Å². The molecule has 1 aliphatic rings. The minimum Gasteiger partial charge on any atom is -0.352 e. The van der Waals surface area contributed by atoms with E-state index in [4.69, 9.17) is 0 Å². The number of nitrogens with zero attached hydrogens (tertiary/aromatic N) is 1. The summed E-state index contributed by atoms with van der Waals surface area (Å²) < 4.78 is 0. The number of benzene rings is 1. The van der Waals surface area contributed by atoms with Crippen molar-refractivity contribution < 1.29 is 9.59 Å². The molecule has 20 heavy (non-hydrogen) atoms. The number of nitrogens with one attached hydrogen (secondary N) is 2. The summed E-state index contributed by atoms with van der Waals surface area (Å²) in [4.78, 5) is 26.1. The highest BCUT2D eigenvalue weighted by Crippen LogP contribution is 2.09. The standard InChI is InChI=1S/C15H21N3O2/c1-2-6-17-14(19)12-4-3-5-13(11-12)15(20)18-9-7-16-8-10-18/h3-5,11,16H,2,6-10H2,1H3,(H,17,19). The molecule has 0 spiro atoms. The zero-order chi connectivity index (χ0) is 14.4. The van der Waals surface area contributed by atoms with E-state index in [1.54, 1.807) is 24.3 Å². The lowest BCUT2D eigenvalue weighted by Crippen LogP contribution is -2.46. The maximum absolute atomic E-state index is 12.4. The van der Waals surface area contributed by atoms with Gasteiger partial charge in [0.05, 0.1) is 0 Å². The van der Waals surface area contributed by atoms with E-state index in [1.807, 2.05) is 11.8 Å². The number of rotatable bonds is 4. The van der Waals surface area contributed by atoms with Crippen molar-refractivity contribution in [2.45, 2.75) is 13.3 Å². The second-order valence-electron chi connectivity index (χ2n) is 4.88. The van der Waals surface area contributed by atoms with E-state index in [-0.39, 0.29) is 11.8 Å². The topological polar surface area (TPSA) is 61.4 Å². The predicted molar refractivity (Wildman–Crippen MR) is 77.8 cm³/mol. The summed E-state index contributed by atoms with van der Waals surface area (Å²) in [6, 6.07) is 6.94. The minimum atomic E-state index is -0.123. The zero-order valence-corrected chi connectivity index (χ0v) is 11.8. The molecule has 1 heterocycles. The summed E-state index contributed by atoms with van der Waals surface area (Å²) in [6.45, 7) is 5.72. The molecule has 5 heteroatoms. The number of hydrogen-bond donors (Lipinski definition) is 2. The van der Waals surface area contributed by atoms with Crippen LogP contribution in [0.5, 0.6) is 0 Å². The van der Waals surface area contributed by atoms with Gasteiger partial charge in [0.15, 0.2) is 0 Å². The molecule has 2 N–H and O–H groups in total. The molecule has 0 saturated carbocycles. The lowest BCUT2D eigenvalue weighted by atomic mass is 10.1. The number of hydrogen-bond acceptors (Lipinski definition) is 3. The molecule has 0 aromatic heterocycles. The van der Waals surface area contributed by atoms with Crippen molar-refractivity contribution >= 4 is 11.8 Å². The van der Waals surface area contributed by atoms with Crippen LogP contribution in [-0.4, -0.2) is 49.4 Å². The second-order valence-corrected chi connectivity index (χ2v) is 4.88. The quantitative estimate of drug-likeness (QED) is 0.857. The van der Waals surface area contributed by atoms with Crippen LogP contribution < -0.4 is 10.6 Å². The van der Waals surface area contributed by atoms with E-state index >= 15 is 0 Å². The van der Waals surface area contributed by atoms with Crippen LogP contribution in [0, 0.1) is 0 Å². The van der Waals surface area contributed by atoms with Crippen molar-refractivity contribution in [1.29, 1.82) is 0 Å². The van der Waals surface area contributed by atoms with Gasteiger partial charge in [-0.15, -0.1) is 0 Å². The third-order valence-corrected chi connectivity index (χ3v) is 3.31. The van der Waals surface area contributed by atoms with Gasteiger partial charge < -0.3 is 15.5 Å². The van der Waals surface area contributed by atoms with Crippen molar-refractivity contribution in [3.8, 4) is 0 Å².